The van der Waals surface area contributed by atoms with Crippen LogP contribution in [0.4, 0.5) is 9.18 Å². The fourth-order valence-electron chi connectivity index (χ4n) is 2.33. The first-order chi connectivity index (χ1) is 10.4. The second-order valence-corrected chi connectivity index (χ2v) is 6.06. The van der Waals surface area contributed by atoms with Crippen molar-refractivity contribution < 1.29 is 19.0 Å². The topological polar surface area (TPSA) is 70.6 Å². The quantitative estimate of drug-likeness (QED) is 0.776. The number of carbonyl (C=O) groups excluding carboxylic acids is 1. The van der Waals surface area contributed by atoms with Crippen LogP contribution >= 0.6 is 11.6 Å². The van der Waals surface area contributed by atoms with Crippen molar-refractivity contribution in [3.8, 4) is 0 Å². The third-order valence-electron chi connectivity index (χ3n) is 3.71. The lowest BCUT2D eigenvalue weighted by atomic mass is 10.0. The molecule has 1 aromatic rings. The molecule has 122 valence electrons. The number of nitrogens with one attached hydrogen (secondary N) is 2. The van der Waals surface area contributed by atoms with Crippen LogP contribution in [-0.2, 0) is 4.74 Å². The molecule has 5 nitrogen and oxygen atoms in total. The molecule has 7 heteroatoms. The van der Waals surface area contributed by atoms with Crippen LogP contribution in [0.25, 0.3) is 0 Å². The van der Waals surface area contributed by atoms with Gasteiger partial charge < -0.3 is 20.5 Å². The third-order valence-corrected chi connectivity index (χ3v) is 4.01. The number of rotatable bonds is 5. The average Bonchev–Trinajstić information content (AvgIpc) is 2.93. The fraction of sp³-hybridized carbons (Fsp3) is 0.533. The Morgan fingerprint density at radius 3 is 2.95 bits per heavy atom. The lowest BCUT2D eigenvalue weighted by Gasteiger charge is -2.23. The zero-order valence-corrected chi connectivity index (χ0v) is 13.1. The van der Waals surface area contributed by atoms with Gasteiger partial charge in [-0.25, -0.2) is 9.18 Å². The predicted molar refractivity (Wildman–Crippen MR) is 81.4 cm³/mol. The summed E-state index contributed by atoms with van der Waals surface area (Å²) in [5, 5.41) is 15.2. The highest BCUT2D eigenvalue weighted by molar-refractivity contribution is 6.30. The van der Waals surface area contributed by atoms with E-state index in [-0.39, 0.29) is 17.2 Å². The smallest absolute Gasteiger partial charge is 0.314 e. The Morgan fingerprint density at radius 1 is 1.55 bits per heavy atom. The first kappa shape index (κ1) is 17.0. The van der Waals surface area contributed by atoms with Crippen LogP contribution in [0.1, 0.15) is 31.4 Å². The molecule has 2 amide bonds. The third kappa shape index (κ3) is 4.56. The SMILES string of the molecule is C[C@@]1(CNC(=O)NC[C@H](O)c2ccc(Cl)c(F)c2)CCCO1. The summed E-state index contributed by atoms with van der Waals surface area (Å²) in [6.07, 6.45) is 0.886. The summed E-state index contributed by atoms with van der Waals surface area (Å²) in [6, 6.07) is 3.64. The van der Waals surface area contributed by atoms with Crippen molar-refractivity contribution in [2.45, 2.75) is 31.5 Å². The molecule has 0 unspecified atom stereocenters. The van der Waals surface area contributed by atoms with Crippen molar-refractivity contribution in [1.82, 2.24) is 10.6 Å². The van der Waals surface area contributed by atoms with Crippen LogP contribution in [0.3, 0.4) is 0 Å². The zero-order valence-electron chi connectivity index (χ0n) is 12.4. The average molecular weight is 331 g/mol. The minimum Gasteiger partial charge on any atom is -0.387 e. The molecule has 1 aliphatic heterocycles. The largest absolute Gasteiger partial charge is 0.387 e. The number of hydrogen-bond donors (Lipinski definition) is 3. The van der Waals surface area contributed by atoms with Gasteiger partial charge in [-0.05, 0) is 37.5 Å². The van der Waals surface area contributed by atoms with E-state index < -0.39 is 18.0 Å². The molecular formula is C15H20ClFN2O3. The summed E-state index contributed by atoms with van der Waals surface area (Å²) in [5.41, 5.74) is 0.0308. The number of urea groups is 1. The summed E-state index contributed by atoms with van der Waals surface area (Å²) in [5.74, 6) is -0.603. The maximum absolute atomic E-state index is 13.3. The number of halogens is 2. The number of amides is 2. The Hall–Kier alpha value is -1.37. The van der Waals surface area contributed by atoms with E-state index in [0.29, 0.717) is 18.7 Å². The summed E-state index contributed by atoms with van der Waals surface area (Å²) in [7, 11) is 0. The monoisotopic (exact) mass is 330 g/mol. The summed E-state index contributed by atoms with van der Waals surface area (Å²) in [4.78, 5) is 11.7. The van der Waals surface area contributed by atoms with Gasteiger partial charge in [0.25, 0.3) is 0 Å². The van der Waals surface area contributed by atoms with Gasteiger partial charge in [-0.1, -0.05) is 17.7 Å². The first-order valence-electron chi connectivity index (χ1n) is 7.18. The molecule has 2 atom stereocenters. The number of carbonyl (C=O) groups is 1. The van der Waals surface area contributed by atoms with Gasteiger partial charge in [0.15, 0.2) is 0 Å². The second-order valence-electron chi connectivity index (χ2n) is 5.65. The molecule has 0 radical (unpaired) electrons. The number of benzene rings is 1. The van der Waals surface area contributed by atoms with Crippen LogP contribution < -0.4 is 10.6 Å². The van der Waals surface area contributed by atoms with Gasteiger partial charge in [-0.3, -0.25) is 0 Å². The van der Waals surface area contributed by atoms with Crippen molar-refractivity contribution in [2.24, 2.45) is 0 Å². The molecular weight excluding hydrogens is 311 g/mol. The molecule has 22 heavy (non-hydrogen) atoms. The van der Waals surface area contributed by atoms with Gasteiger partial charge in [0.1, 0.15) is 5.82 Å². The predicted octanol–water partition coefficient (Wildman–Crippen LogP) is 2.38. The maximum atomic E-state index is 13.3. The van der Waals surface area contributed by atoms with Crippen molar-refractivity contribution in [1.29, 1.82) is 0 Å². The molecule has 0 aromatic heterocycles. The molecule has 1 aromatic carbocycles. The number of ether oxygens (including phenoxy) is 1. The minimum atomic E-state index is -1.00. The highest BCUT2D eigenvalue weighted by Crippen LogP contribution is 2.24. The van der Waals surface area contributed by atoms with Crippen molar-refractivity contribution in [3.63, 3.8) is 0 Å². The van der Waals surface area contributed by atoms with Crippen LogP contribution in [0, 0.1) is 5.82 Å². The Kier molecular flexibility index (Phi) is 5.61. The van der Waals surface area contributed by atoms with E-state index in [1.54, 1.807) is 0 Å². The van der Waals surface area contributed by atoms with E-state index in [1.807, 2.05) is 6.92 Å². The summed E-state index contributed by atoms with van der Waals surface area (Å²) >= 11 is 5.58. The molecule has 0 saturated carbocycles. The summed E-state index contributed by atoms with van der Waals surface area (Å²) in [6.45, 7) is 3.04. The van der Waals surface area contributed by atoms with Crippen LogP contribution in [0.2, 0.25) is 5.02 Å². The molecule has 0 bridgehead atoms. The normalized spacial score (nSPS) is 22.4. The van der Waals surface area contributed by atoms with E-state index in [9.17, 15) is 14.3 Å². The Bertz CT molecular complexity index is 536. The second kappa shape index (κ2) is 7.26. The van der Waals surface area contributed by atoms with Gasteiger partial charge in [0.2, 0.25) is 0 Å². The molecule has 1 fully saturated rings. The minimum absolute atomic E-state index is 0.00791. The highest BCUT2D eigenvalue weighted by Gasteiger charge is 2.30. The Morgan fingerprint density at radius 2 is 2.32 bits per heavy atom. The lowest BCUT2D eigenvalue weighted by Crippen LogP contribution is -2.45. The van der Waals surface area contributed by atoms with Crippen LogP contribution in [0.15, 0.2) is 18.2 Å². The van der Waals surface area contributed by atoms with E-state index in [2.05, 4.69) is 10.6 Å². The first-order valence-corrected chi connectivity index (χ1v) is 7.56. The standard InChI is InChI=1S/C15H20ClFN2O3/c1-15(5-2-6-22-15)9-19-14(21)18-8-13(20)10-3-4-11(16)12(17)7-10/h3-4,7,13,20H,2,5-6,8-9H2,1H3,(H2,18,19,21)/t13-,15-/m0/s1. The van der Waals surface area contributed by atoms with Crippen molar-refractivity contribution in [2.75, 3.05) is 19.7 Å². The number of hydrogen-bond acceptors (Lipinski definition) is 3. The number of aliphatic hydroxyl groups excluding tert-OH is 1. The molecule has 1 heterocycles. The van der Waals surface area contributed by atoms with Crippen molar-refractivity contribution >= 4 is 17.6 Å². The van der Waals surface area contributed by atoms with Crippen LogP contribution in [-0.4, -0.2) is 36.4 Å². The Labute approximate surface area is 133 Å². The van der Waals surface area contributed by atoms with E-state index in [4.69, 9.17) is 16.3 Å². The molecule has 3 N–H and O–H groups in total. The van der Waals surface area contributed by atoms with Crippen LogP contribution in [0.5, 0.6) is 0 Å². The van der Waals surface area contributed by atoms with Gasteiger partial charge >= 0.3 is 6.03 Å². The maximum Gasteiger partial charge on any atom is 0.314 e. The van der Waals surface area contributed by atoms with E-state index in [1.165, 1.54) is 12.1 Å². The Balaban J connectivity index is 1.76. The van der Waals surface area contributed by atoms with E-state index in [0.717, 1.165) is 18.9 Å². The molecule has 0 aliphatic carbocycles. The number of aliphatic hydroxyl groups is 1. The van der Waals surface area contributed by atoms with Crippen molar-refractivity contribution in [3.05, 3.63) is 34.6 Å². The van der Waals surface area contributed by atoms with Gasteiger partial charge in [-0.2, -0.15) is 0 Å². The highest BCUT2D eigenvalue weighted by atomic mass is 35.5. The fourth-order valence-corrected chi connectivity index (χ4v) is 2.45. The van der Waals surface area contributed by atoms with Gasteiger partial charge in [-0.15, -0.1) is 0 Å². The van der Waals surface area contributed by atoms with Gasteiger partial charge in [0.05, 0.1) is 16.7 Å². The molecule has 1 aliphatic rings. The van der Waals surface area contributed by atoms with E-state index >= 15 is 0 Å². The molecule has 0 spiro atoms. The zero-order chi connectivity index (χ0) is 16.2. The lowest BCUT2D eigenvalue weighted by molar-refractivity contribution is 0.0228. The molecule has 2 rings (SSSR count). The summed E-state index contributed by atoms with van der Waals surface area (Å²) < 4.78 is 18.9. The molecule has 1 saturated heterocycles. The van der Waals surface area contributed by atoms with Gasteiger partial charge in [0, 0.05) is 19.7 Å².